The van der Waals surface area contributed by atoms with E-state index in [-0.39, 0.29) is 0 Å². The van der Waals surface area contributed by atoms with E-state index >= 15 is 0 Å². The summed E-state index contributed by atoms with van der Waals surface area (Å²) >= 11 is 0. The minimum atomic E-state index is 0.536. The number of nitrogens with zero attached hydrogens (tertiary/aromatic N) is 1. The van der Waals surface area contributed by atoms with Crippen LogP contribution in [0.15, 0.2) is 24.8 Å². The molecule has 106 valence electrons. The summed E-state index contributed by atoms with van der Waals surface area (Å²) in [6.07, 6.45) is 8.28. The molecule has 0 N–H and O–H groups in total. The van der Waals surface area contributed by atoms with Gasteiger partial charge in [-0.2, -0.15) is 0 Å². The summed E-state index contributed by atoms with van der Waals surface area (Å²) in [7, 11) is 2.23. The van der Waals surface area contributed by atoms with E-state index in [1.165, 1.54) is 31.3 Å². The maximum absolute atomic E-state index is 4.32. The van der Waals surface area contributed by atoms with Crippen molar-refractivity contribution in [3.63, 3.8) is 0 Å². The topological polar surface area (TPSA) is 3.24 Å². The van der Waals surface area contributed by atoms with Crippen LogP contribution in [0, 0.1) is 5.92 Å². The molecule has 0 aliphatic heterocycles. The lowest BCUT2D eigenvalue weighted by atomic mass is 9.91. The first-order valence-electron chi connectivity index (χ1n) is 7.43. The monoisotopic (exact) mass is 251 g/mol. The molecule has 0 radical (unpaired) electrons. The van der Waals surface area contributed by atoms with Crippen molar-refractivity contribution in [2.45, 2.75) is 71.9 Å². The zero-order valence-corrected chi connectivity index (χ0v) is 13.2. The van der Waals surface area contributed by atoms with E-state index in [2.05, 4.69) is 52.8 Å². The van der Waals surface area contributed by atoms with Gasteiger partial charge in [0.05, 0.1) is 0 Å². The molecule has 0 aromatic rings. The number of hydrogen-bond donors (Lipinski definition) is 0. The molecule has 0 spiro atoms. The third kappa shape index (κ3) is 6.39. The Morgan fingerprint density at radius 1 is 1.11 bits per heavy atom. The first-order chi connectivity index (χ1) is 8.41. The predicted octanol–water partition coefficient (Wildman–Crippen LogP) is 5.04. The average molecular weight is 251 g/mol. The molecule has 1 atom stereocenters. The zero-order chi connectivity index (χ0) is 14.1. The molecule has 1 nitrogen and oxygen atoms in total. The molecular formula is C17H33N. The number of unbranched alkanes of at least 4 members (excludes halogenated alkanes) is 3. The number of allylic oxidation sites excluding steroid dienone is 1. The third-order valence-electron chi connectivity index (χ3n) is 3.86. The van der Waals surface area contributed by atoms with Crippen molar-refractivity contribution in [2.24, 2.45) is 5.92 Å². The lowest BCUT2D eigenvalue weighted by Crippen LogP contribution is -2.39. The first kappa shape index (κ1) is 17.4. The van der Waals surface area contributed by atoms with Crippen LogP contribution in [0.5, 0.6) is 0 Å². The van der Waals surface area contributed by atoms with Crippen molar-refractivity contribution < 1.29 is 0 Å². The first-order valence-corrected chi connectivity index (χ1v) is 7.43. The number of rotatable bonds is 10. The van der Waals surface area contributed by atoms with Gasteiger partial charge < -0.3 is 0 Å². The fraction of sp³-hybridized carbons (Fsp3) is 0.765. The summed E-state index contributed by atoms with van der Waals surface area (Å²) < 4.78 is 0. The van der Waals surface area contributed by atoms with Crippen molar-refractivity contribution in [1.29, 1.82) is 0 Å². The second kappa shape index (κ2) is 9.38. The van der Waals surface area contributed by atoms with Crippen LogP contribution in [-0.4, -0.2) is 24.0 Å². The highest BCUT2D eigenvalue weighted by molar-refractivity contribution is 5.08. The SMILES string of the molecule is C=CCCCCCC(C(=C)C(C)C)N(C)C(C)C. The maximum Gasteiger partial charge on any atom is 0.0307 e. The fourth-order valence-corrected chi connectivity index (χ4v) is 2.20. The van der Waals surface area contributed by atoms with Gasteiger partial charge in [-0.1, -0.05) is 44.9 Å². The molecule has 0 rings (SSSR count). The van der Waals surface area contributed by atoms with Crippen LogP contribution >= 0.6 is 0 Å². The number of hydrogen-bond acceptors (Lipinski definition) is 1. The van der Waals surface area contributed by atoms with Crippen LogP contribution in [0.3, 0.4) is 0 Å². The minimum absolute atomic E-state index is 0.536. The molecular weight excluding hydrogens is 218 g/mol. The molecule has 0 aliphatic rings. The van der Waals surface area contributed by atoms with Crippen molar-refractivity contribution in [3.05, 3.63) is 24.8 Å². The maximum atomic E-state index is 4.32. The molecule has 0 aromatic carbocycles. The summed E-state index contributed by atoms with van der Waals surface area (Å²) in [6, 6.07) is 1.12. The smallest absolute Gasteiger partial charge is 0.0307 e. The van der Waals surface area contributed by atoms with Crippen LogP contribution in [-0.2, 0) is 0 Å². The average Bonchev–Trinajstić information content (AvgIpc) is 2.32. The highest BCUT2D eigenvalue weighted by Gasteiger charge is 2.21. The zero-order valence-electron chi connectivity index (χ0n) is 13.2. The van der Waals surface area contributed by atoms with Crippen molar-refractivity contribution >= 4 is 0 Å². The van der Waals surface area contributed by atoms with Crippen molar-refractivity contribution in [3.8, 4) is 0 Å². The standard InChI is InChI=1S/C17H33N/c1-8-9-10-11-12-13-17(16(6)14(2)3)18(7)15(4)5/h8,14-15,17H,1,6,9-13H2,2-5,7H3. The Hall–Kier alpha value is -0.560. The van der Waals surface area contributed by atoms with Crippen molar-refractivity contribution in [2.75, 3.05) is 7.05 Å². The van der Waals surface area contributed by atoms with Crippen LogP contribution < -0.4 is 0 Å². The van der Waals surface area contributed by atoms with E-state index < -0.39 is 0 Å². The molecule has 1 unspecified atom stereocenters. The summed E-state index contributed by atoms with van der Waals surface area (Å²) in [5, 5.41) is 0. The van der Waals surface area contributed by atoms with Crippen LogP contribution in [0.4, 0.5) is 0 Å². The lowest BCUT2D eigenvalue weighted by molar-refractivity contribution is 0.200. The minimum Gasteiger partial charge on any atom is -0.297 e. The molecule has 1 heteroatoms. The van der Waals surface area contributed by atoms with Gasteiger partial charge in [0.25, 0.3) is 0 Å². The Kier molecular flexibility index (Phi) is 9.09. The van der Waals surface area contributed by atoms with Crippen LogP contribution in [0.25, 0.3) is 0 Å². The fourth-order valence-electron chi connectivity index (χ4n) is 2.20. The van der Waals surface area contributed by atoms with Crippen LogP contribution in [0.1, 0.15) is 59.8 Å². The molecule has 0 aliphatic carbocycles. The molecule has 0 saturated carbocycles. The summed E-state index contributed by atoms with van der Waals surface area (Å²) in [5.41, 5.74) is 1.38. The molecule has 0 aromatic heterocycles. The van der Waals surface area contributed by atoms with Gasteiger partial charge in [0.15, 0.2) is 0 Å². The summed E-state index contributed by atoms with van der Waals surface area (Å²) in [6.45, 7) is 17.1. The highest BCUT2D eigenvalue weighted by atomic mass is 15.1. The molecule has 0 bridgehead atoms. The van der Waals surface area contributed by atoms with Gasteiger partial charge in [-0.05, 0) is 46.1 Å². The van der Waals surface area contributed by atoms with Gasteiger partial charge >= 0.3 is 0 Å². The van der Waals surface area contributed by atoms with Gasteiger partial charge in [-0.15, -0.1) is 6.58 Å². The van der Waals surface area contributed by atoms with Gasteiger partial charge in [0, 0.05) is 12.1 Å². The van der Waals surface area contributed by atoms with Crippen LogP contribution in [0.2, 0.25) is 0 Å². The Bertz CT molecular complexity index is 240. The molecule has 0 saturated heterocycles. The predicted molar refractivity (Wildman–Crippen MR) is 83.9 cm³/mol. The molecule has 0 heterocycles. The largest absolute Gasteiger partial charge is 0.297 e. The Labute approximate surface area is 115 Å². The Morgan fingerprint density at radius 3 is 2.17 bits per heavy atom. The van der Waals surface area contributed by atoms with E-state index in [0.717, 1.165) is 6.42 Å². The van der Waals surface area contributed by atoms with Gasteiger partial charge in [0.2, 0.25) is 0 Å². The molecule has 0 fully saturated rings. The van der Waals surface area contributed by atoms with E-state index in [4.69, 9.17) is 0 Å². The lowest BCUT2D eigenvalue weighted by Gasteiger charge is -2.34. The van der Waals surface area contributed by atoms with E-state index in [1.54, 1.807) is 0 Å². The van der Waals surface area contributed by atoms with Gasteiger partial charge in [0.1, 0.15) is 0 Å². The Balaban J connectivity index is 4.30. The normalized spacial score (nSPS) is 13.3. The second-order valence-corrected chi connectivity index (χ2v) is 5.93. The molecule has 0 amide bonds. The summed E-state index contributed by atoms with van der Waals surface area (Å²) in [5.74, 6) is 0.573. The van der Waals surface area contributed by atoms with E-state index in [1.807, 2.05) is 6.08 Å². The van der Waals surface area contributed by atoms with E-state index in [0.29, 0.717) is 18.0 Å². The third-order valence-corrected chi connectivity index (χ3v) is 3.86. The quantitative estimate of drug-likeness (QED) is 0.388. The number of likely N-dealkylation sites (N-methyl/N-ethyl adjacent to an activating group) is 1. The van der Waals surface area contributed by atoms with Gasteiger partial charge in [-0.25, -0.2) is 0 Å². The second-order valence-electron chi connectivity index (χ2n) is 5.93. The van der Waals surface area contributed by atoms with Crippen molar-refractivity contribution in [1.82, 2.24) is 4.90 Å². The highest BCUT2D eigenvalue weighted by Crippen LogP contribution is 2.23. The van der Waals surface area contributed by atoms with E-state index in [9.17, 15) is 0 Å². The molecule has 18 heavy (non-hydrogen) atoms. The Morgan fingerprint density at radius 2 is 1.72 bits per heavy atom. The summed E-state index contributed by atoms with van der Waals surface area (Å²) in [4.78, 5) is 2.47. The van der Waals surface area contributed by atoms with Gasteiger partial charge in [-0.3, -0.25) is 4.90 Å².